The molecule has 0 radical (unpaired) electrons. The number of hydrogen-bond donors (Lipinski definition) is 2. The first-order chi connectivity index (χ1) is 25.0. The van der Waals surface area contributed by atoms with E-state index in [2.05, 4.69) is 103 Å². The molecule has 4 fully saturated rings. The summed E-state index contributed by atoms with van der Waals surface area (Å²) in [4.78, 5) is 34.5. The van der Waals surface area contributed by atoms with Gasteiger partial charge in [0.15, 0.2) is 0 Å². The third-order valence-electron chi connectivity index (χ3n) is 14.6. The molecule has 0 bridgehead atoms. The SMILES string of the molecule is C#C.C#C.C#C.C=CC.CC1(C)C(c2ccc(C=O)cc2)=CC[C@@]2(C)C1CC[C@]1(C)C2CC[C@@H]2C3CCC[C@]3(CNC(=O)C(F)(F)C(=O)O)CC[C@]21C. The van der Waals surface area contributed by atoms with Crippen molar-refractivity contribution in [3.8, 4) is 38.5 Å². The number of aliphatic carboxylic acids is 1. The first-order valence-corrected chi connectivity index (χ1v) is 18.7. The summed E-state index contributed by atoms with van der Waals surface area (Å²) in [5.74, 6) is -6.55. The Labute approximate surface area is 318 Å². The highest BCUT2D eigenvalue weighted by Crippen LogP contribution is 2.77. The second-order valence-corrected chi connectivity index (χ2v) is 16.8. The zero-order chi connectivity index (χ0) is 40.6. The molecule has 0 heterocycles. The number of amides is 1. The van der Waals surface area contributed by atoms with Crippen molar-refractivity contribution in [2.75, 3.05) is 6.54 Å². The number of aldehydes is 1. The standard InChI is InChI=1S/C37H49F2NO4.C3H6.3C2H2/c1-32(2)25(24-10-8-23(21-41)9-11-24)14-17-33(3)28(32)15-18-35(5)29(33)13-12-26-27-7-6-16-36(27,20-19-34(26,35)4)22-40-30(42)37(38,39)31(43)44;1-3-2;3*1-2/h8-11,14,21,26-29H,6-7,12-13,15-20,22H2,1-5H3,(H,40,42)(H,43,44);3H,1H2,2H3;3*1-2H/t26-,27?,28?,29?,33+,34-,35-,36-;;;;/m1..../s1. The molecule has 7 heteroatoms. The van der Waals surface area contributed by atoms with Crippen molar-refractivity contribution in [1.29, 1.82) is 0 Å². The van der Waals surface area contributed by atoms with Crippen LogP contribution in [-0.2, 0) is 9.59 Å². The molecule has 0 aromatic heterocycles. The van der Waals surface area contributed by atoms with Gasteiger partial charge in [-0.15, -0.1) is 45.1 Å². The molecule has 0 saturated heterocycles. The molecule has 5 nitrogen and oxygen atoms in total. The van der Waals surface area contributed by atoms with Crippen LogP contribution in [-0.4, -0.2) is 35.7 Å². The molecular weight excluding hydrogens is 669 g/mol. The molecule has 0 aliphatic heterocycles. The average molecular weight is 730 g/mol. The number of terminal acetylenes is 3. The number of fused-ring (bicyclic) bond motifs is 7. The maximum absolute atomic E-state index is 14.0. The van der Waals surface area contributed by atoms with Gasteiger partial charge in [-0.05, 0) is 127 Å². The Morgan fingerprint density at radius 2 is 1.45 bits per heavy atom. The number of carbonyl (C=O) groups excluding carboxylic acids is 2. The van der Waals surface area contributed by atoms with Crippen LogP contribution in [0.4, 0.5) is 8.78 Å². The first-order valence-electron chi connectivity index (χ1n) is 18.7. The van der Waals surface area contributed by atoms with Gasteiger partial charge < -0.3 is 10.4 Å². The minimum atomic E-state index is -4.41. The molecule has 1 aromatic rings. The van der Waals surface area contributed by atoms with Crippen LogP contribution in [0.3, 0.4) is 0 Å². The molecule has 4 saturated carbocycles. The first kappa shape index (κ1) is 45.0. The Hall–Kier alpha value is -4.15. The van der Waals surface area contributed by atoms with Gasteiger partial charge in [-0.25, -0.2) is 4.79 Å². The Kier molecular flexibility index (Phi) is 14.7. The number of rotatable bonds is 6. The summed E-state index contributed by atoms with van der Waals surface area (Å²) in [5.41, 5.74) is 3.51. The highest BCUT2D eigenvalue weighted by molar-refractivity contribution is 6.03. The number of carboxylic acids is 1. The van der Waals surface area contributed by atoms with Crippen LogP contribution in [0.2, 0.25) is 0 Å². The minimum absolute atomic E-state index is 0.00181. The summed E-state index contributed by atoms with van der Waals surface area (Å²) in [7, 11) is 0. The number of carboxylic acid groups (broad SMARTS) is 1. The lowest BCUT2D eigenvalue weighted by molar-refractivity contribution is -0.222. The summed E-state index contributed by atoms with van der Waals surface area (Å²) in [6.45, 7) is 17.9. The monoisotopic (exact) mass is 729 g/mol. The zero-order valence-electron chi connectivity index (χ0n) is 32.7. The number of halogens is 2. The third-order valence-corrected chi connectivity index (χ3v) is 14.6. The number of hydrogen-bond acceptors (Lipinski definition) is 3. The Morgan fingerprint density at radius 3 is 2.00 bits per heavy atom. The highest BCUT2D eigenvalue weighted by Gasteiger charge is 2.69. The maximum atomic E-state index is 14.0. The highest BCUT2D eigenvalue weighted by atomic mass is 19.3. The van der Waals surface area contributed by atoms with Gasteiger partial charge in [0.1, 0.15) is 6.29 Å². The number of benzene rings is 1. The molecule has 1 aromatic carbocycles. The molecule has 1 amide bonds. The summed E-state index contributed by atoms with van der Waals surface area (Å²) in [6, 6.07) is 8.03. The Bertz CT molecular complexity index is 1560. The van der Waals surface area contributed by atoms with Crippen molar-refractivity contribution in [2.45, 2.75) is 112 Å². The molecule has 6 rings (SSSR count). The van der Waals surface area contributed by atoms with Crippen LogP contribution < -0.4 is 5.32 Å². The van der Waals surface area contributed by atoms with Crippen LogP contribution >= 0.6 is 0 Å². The Morgan fingerprint density at radius 1 is 0.868 bits per heavy atom. The predicted molar refractivity (Wildman–Crippen MR) is 212 cm³/mol. The van der Waals surface area contributed by atoms with E-state index in [0.717, 1.165) is 57.7 Å². The van der Waals surface area contributed by atoms with E-state index in [-0.39, 0.29) is 33.6 Å². The van der Waals surface area contributed by atoms with Crippen molar-refractivity contribution >= 4 is 23.7 Å². The molecule has 8 atom stereocenters. The van der Waals surface area contributed by atoms with Crippen molar-refractivity contribution in [3.05, 3.63) is 54.1 Å². The van der Waals surface area contributed by atoms with Gasteiger partial charge >= 0.3 is 17.8 Å². The molecule has 53 heavy (non-hydrogen) atoms. The fourth-order valence-electron chi connectivity index (χ4n) is 12.3. The lowest BCUT2D eigenvalue weighted by Crippen LogP contribution is -2.65. The van der Waals surface area contributed by atoms with E-state index in [1.165, 1.54) is 24.0 Å². The number of alkyl halides is 2. The van der Waals surface area contributed by atoms with E-state index in [1.54, 1.807) is 6.08 Å². The van der Waals surface area contributed by atoms with Crippen LogP contribution in [0.1, 0.15) is 122 Å². The summed E-state index contributed by atoms with van der Waals surface area (Å²) >= 11 is 0. The predicted octanol–water partition coefficient (Wildman–Crippen LogP) is 10.1. The summed E-state index contributed by atoms with van der Waals surface area (Å²) < 4.78 is 27.9. The summed E-state index contributed by atoms with van der Waals surface area (Å²) in [5, 5.41) is 11.3. The van der Waals surface area contributed by atoms with Crippen molar-refractivity contribution < 1.29 is 28.3 Å². The Balaban J connectivity index is 0.000000998. The van der Waals surface area contributed by atoms with Gasteiger partial charge in [0, 0.05) is 12.1 Å². The second-order valence-electron chi connectivity index (χ2n) is 16.8. The van der Waals surface area contributed by atoms with E-state index in [1.807, 2.05) is 19.1 Å². The van der Waals surface area contributed by atoms with Gasteiger partial charge in [-0.1, -0.05) is 77.5 Å². The molecule has 5 aliphatic carbocycles. The summed E-state index contributed by atoms with van der Waals surface area (Å²) in [6.07, 6.45) is 39.7. The lowest BCUT2D eigenvalue weighted by Gasteiger charge is -2.72. The quantitative estimate of drug-likeness (QED) is 0.132. The van der Waals surface area contributed by atoms with Gasteiger partial charge in [0.2, 0.25) is 0 Å². The smallest absolute Gasteiger partial charge is 0.418 e. The van der Waals surface area contributed by atoms with Crippen LogP contribution in [0.15, 0.2) is 43.0 Å². The normalized spacial score (nSPS) is 34.3. The van der Waals surface area contributed by atoms with Gasteiger partial charge in [-0.3, -0.25) is 9.59 Å². The van der Waals surface area contributed by atoms with E-state index >= 15 is 0 Å². The minimum Gasteiger partial charge on any atom is -0.476 e. The van der Waals surface area contributed by atoms with Gasteiger partial charge in [0.25, 0.3) is 0 Å². The van der Waals surface area contributed by atoms with Gasteiger partial charge in [-0.2, -0.15) is 8.78 Å². The van der Waals surface area contributed by atoms with Crippen molar-refractivity contribution in [3.63, 3.8) is 0 Å². The fourth-order valence-corrected chi connectivity index (χ4v) is 12.3. The third kappa shape index (κ3) is 7.49. The van der Waals surface area contributed by atoms with E-state index in [0.29, 0.717) is 29.2 Å². The fraction of sp³-hybridized carbons (Fsp3) is 0.587. The number of allylic oxidation sites excluding steroid dienone is 3. The molecule has 2 N–H and O–H groups in total. The van der Waals surface area contributed by atoms with Gasteiger partial charge in [0.05, 0.1) is 0 Å². The second kappa shape index (κ2) is 17.3. The number of carbonyl (C=O) groups is 3. The molecule has 0 spiro atoms. The maximum Gasteiger partial charge on any atom is 0.418 e. The van der Waals surface area contributed by atoms with Crippen LogP contribution in [0.5, 0.6) is 0 Å². The van der Waals surface area contributed by atoms with E-state index in [9.17, 15) is 23.2 Å². The lowest BCUT2D eigenvalue weighted by atomic mass is 9.32. The van der Waals surface area contributed by atoms with E-state index in [4.69, 9.17) is 5.11 Å². The molecule has 288 valence electrons. The molecular formula is C46H61F2NO4. The topological polar surface area (TPSA) is 83.5 Å². The average Bonchev–Trinajstić information content (AvgIpc) is 3.58. The molecule has 5 aliphatic rings. The largest absolute Gasteiger partial charge is 0.476 e. The van der Waals surface area contributed by atoms with Crippen molar-refractivity contribution in [2.24, 2.45) is 50.7 Å². The number of nitrogens with one attached hydrogen (secondary N) is 1. The van der Waals surface area contributed by atoms with Crippen molar-refractivity contribution in [1.82, 2.24) is 5.32 Å². The van der Waals surface area contributed by atoms with Crippen LogP contribution in [0, 0.1) is 89.3 Å². The molecule has 3 unspecified atom stereocenters. The zero-order valence-corrected chi connectivity index (χ0v) is 32.7. The van der Waals surface area contributed by atoms with E-state index < -0.39 is 17.8 Å². The van der Waals surface area contributed by atoms with Crippen LogP contribution in [0.25, 0.3) is 5.57 Å².